The van der Waals surface area contributed by atoms with Gasteiger partial charge >= 0.3 is 0 Å². The van der Waals surface area contributed by atoms with Gasteiger partial charge in [-0.15, -0.1) is 34.2 Å². The van der Waals surface area contributed by atoms with Crippen LogP contribution in [0.3, 0.4) is 0 Å². The second-order valence-electron chi connectivity index (χ2n) is 8.58. The van der Waals surface area contributed by atoms with Crippen molar-refractivity contribution in [3.05, 3.63) is 41.5 Å². The first-order chi connectivity index (χ1) is 15.6. The maximum atomic E-state index is 5.50. The number of nitrogens with one attached hydrogen (secondary N) is 1. The highest BCUT2D eigenvalue weighted by atomic mass is 127. The quantitative estimate of drug-likeness (QED) is 0.311. The minimum atomic E-state index is 0. The average molecular weight is 569 g/mol. The van der Waals surface area contributed by atoms with Crippen molar-refractivity contribution in [2.45, 2.75) is 26.4 Å². The second kappa shape index (κ2) is 12.5. The van der Waals surface area contributed by atoms with E-state index in [0.29, 0.717) is 19.0 Å². The van der Waals surface area contributed by atoms with E-state index in [9.17, 15) is 0 Å². The molecule has 3 heterocycles. The molecule has 2 fully saturated rings. The number of aliphatic imine (C=N–C) groups is 1. The summed E-state index contributed by atoms with van der Waals surface area (Å²) < 4.78 is 12.8. The van der Waals surface area contributed by atoms with Crippen LogP contribution in [-0.2, 0) is 24.9 Å². The molecule has 0 amide bonds. The highest BCUT2D eigenvalue weighted by molar-refractivity contribution is 14.0. The van der Waals surface area contributed by atoms with Crippen LogP contribution in [0, 0.1) is 12.8 Å². The molecule has 2 aromatic rings. The van der Waals surface area contributed by atoms with Gasteiger partial charge in [0.2, 0.25) is 0 Å². The topological polar surface area (TPSA) is 80.0 Å². The van der Waals surface area contributed by atoms with Gasteiger partial charge in [0.25, 0.3) is 0 Å². The molecule has 1 atom stereocenters. The summed E-state index contributed by atoms with van der Waals surface area (Å²) in [5.41, 5.74) is 1.16. The predicted molar refractivity (Wildman–Crippen MR) is 139 cm³/mol. The molecule has 1 aromatic carbocycles. The third-order valence-electron chi connectivity index (χ3n) is 6.36. The molecule has 2 aliphatic rings. The van der Waals surface area contributed by atoms with Gasteiger partial charge in [-0.05, 0) is 37.0 Å². The zero-order valence-corrected chi connectivity index (χ0v) is 22.2. The third kappa shape index (κ3) is 7.03. The van der Waals surface area contributed by atoms with Crippen molar-refractivity contribution in [3.8, 4) is 5.75 Å². The zero-order chi connectivity index (χ0) is 22.3. The monoisotopic (exact) mass is 569 g/mol. The zero-order valence-electron chi connectivity index (χ0n) is 19.9. The van der Waals surface area contributed by atoms with Gasteiger partial charge in [-0.25, -0.2) is 4.99 Å². The van der Waals surface area contributed by atoms with Gasteiger partial charge in [-0.3, -0.25) is 4.90 Å². The summed E-state index contributed by atoms with van der Waals surface area (Å²) in [6.45, 7) is 10.1. The summed E-state index contributed by atoms with van der Waals surface area (Å²) >= 11 is 0. The van der Waals surface area contributed by atoms with Crippen LogP contribution >= 0.6 is 24.0 Å². The van der Waals surface area contributed by atoms with Crippen LogP contribution < -0.4 is 10.1 Å². The number of methoxy groups -OCH3 is 1. The Morgan fingerprint density at radius 3 is 2.61 bits per heavy atom. The van der Waals surface area contributed by atoms with Gasteiger partial charge in [0.1, 0.15) is 11.6 Å². The van der Waals surface area contributed by atoms with E-state index in [0.717, 1.165) is 74.9 Å². The lowest BCUT2D eigenvalue weighted by Crippen LogP contribution is -2.42. The Hall–Kier alpha value is -1.92. The van der Waals surface area contributed by atoms with Gasteiger partial charge in [0.05, 0.1) is 33.4 Å². The van der Waals surface area contributed by atoms with Crippen molar-refractivity contribution < 1.29 is 9.47 Å². The van der Waals surface area contributed by atoms with Crippen LogP contribution in [0.25, 0.3) is 0 Å². The molecule has 2 aliphatic heterocycles. The number of rotatable bonds is 7. The van der Waals surface area contributed by atoms with E-state index in [-0.39, 0.29) is 24.0 Å². The summed E-state index contributed by atoms with van der Waals surface area (Å²) in [5, 5.41) is 12.0. The molecule has 0 bridgehead atoms. The van der Waals surface area contributed by atoms with Crippen molar-refractivity contribution in [2.24, 2.45) is 18.0 Å². The summed E-state index contributed by atoms with van der Waals surface area (Å²) in [5.74, 6) is 4.26. The van der Waals surface area contributed by atoms with Crippen LogP contribution in [0.4, 0.5) is 0 Å². The Labute approximate surface area is 213 Å². The number of aryl methyl sites for hydroxylation is 1. The molecule has 1 N–H and O–H groups in total. The highest BCUT2D eigenvalue weighted by Gasteiger charge is 2.27. The number of hydrogen-bond donors (Lipinski definition) is 1. The summed E-state index contributed by atoms with van der Waals surface area (Å²) in [4.78, 5) is 9.88. The van der Waals surface area contributed by atoms with E-state index in [2.05, 4.69) is 37.4 Å². The maximum absolute atomic E-state index is 5.50. The first-order valence-corrected chi connectivity index (χ1v) is 11.4. The van der Waals surface area contributed by atoms with Crippen molar-refractivity contribution in [2.75, 3.05) is 53.0 Å². The molecule has 1 unspecified atom stereocenters. The van der Waals surface area contributed by atoms with Gasteiger partial charge < -0.3 is 24.3 Å². The molecule has 33 heavy (non-hydrogen) atoms. The maximum Gasteiger partial charge on any atom is 0.194 e. The summed E-state index contributed by atoms with van der Waals surface area (Å²) in [7, 11) is 3.68. The average Bonchev–Trinajstić information content (AvgIpc) is 3.41. The Balaban J connectivity index is 0.00000306. The van der Waals surface area contributed by atoms with E-state index in [1.807, 2.05) is 30.7 Å². The third-order valence-corrected chi connectivity index (χ3v) is 6.36. The minimum Gasteiger partial charge on any atom is -0.497 e. The van der Waals surface area contributed by atoms with Crippen molar-refractivity contribution in [1.29, 1.82) is 0 Å². The molecular weight excluding hydrogens is 533 g/mol. The fourth-order valence-electron chi connectivity index (χ4n) is 4.25. The lowest BCUT2D eigenvalue weighted by molar-refractivity contribution is 0.0315. The Morgan fingerprint density at radius 2 is 1.94 bits per heavy atom. The fourth-order valence-corrected chi connectivity index (χ4v) is 4.25. The van der Waals surface area contributed by atoms with Crippen molar-refractivity contribution in [1.82, 2.24) is 29.9 Å². The molecule has 182 valence electrons. The molecule has 0 spiro atoms. The van der Waals surface area contributed by atoms with E-state index < -0.39 is 0 Å². The van der Waals surface area contributed by atoms with Crippen LogP contribution in [0.5, 0.6) is 5.75 Å². The first kappa shape index (κ1) is 25.7. The van der Waals surface area contributed by atoms with Gasteiger partial charge in [0.15, 0.2) is 11.8 Å². The molecular formula is C23H36IN7O2. The van der Waals surface area contributed by atoms with E-state index in [1.54, 1.807) is 7.11 Å². The van der Waals surface area contributed by atoms with E-state index >= 15 is 0 Å². The van der Waals surface area contributed by atoms with Crippen molar-refractivity contribution >= 4 is 29.9 Å². The number of benzene rings is 1. The number of ether oxygens (including phenoxy) is 2. The van der Waals surface area contributed by atoms with Crippen LogP contribution in [0.15, 0.2) is 29.3 Å². The fraction of sp³-hybridized carbons (Fsp3) is 0.609. The Morgan fingerprint density at radius 1 is 1.18 bits per heavy atom. The van der Waals surface area contributed by atoms with Crippen LogP contribution in [0.2, 0.25) is 0 Å². The first-order valence-electron chi connectivity index (χ1n) is 11.4. The van der Waals surface area contributed by atoms with Crippen LogP contribution in [-0.4, -0.2) is 83.6 Å². The SMILES string of the molecule is COc1ccc(CN=C(NCc2nnc(C)n2C)N2CCC(CN3CCOCC3)C2)cc1.I. The highest BCUT2D eigenvalue weighted by Crippen LogP contribution is 2.19. The molecule has 4 rings (SSSR count). The standard InChI is InChI=1S/C23H35N7O2.HI/c1-18-26-27-22(28(18)2)15-25-23(24-14-19-4-6-21(31-3)7-5-19)30-9-8-20(17-30)16-29-10-12-32-13-11-29;/h4-7,20H,8-17H2,1-3H3,(H,24,25);1H. The number of morpholine rings is 1. The number of aromatic nitrogens is 3. The summed E-state index contributed by atoms with van der Waals surface area (Å²) in [6.07, 6.45) is 1.18. The lowest BCUT2D eigenvalue weighted by atomic mass is 10.1. The smallest absolute Gasteiger partial charge is 0.194 e. The number of guanidine groups is 1. The van der Waals surface area contributed by atoms with Gasteiger partial charge in [-0.1, -0.05) is 12.1 Å². The van der Waals surface area contributed by atoms with Gasteiger partial charge in [-0.2, -0.15) is 0 Å². The molecule has 1 aromatic heterocycles. The number of nitrogens with zero attached hydrogens (tertiary/aromatic N) is 6. The van der Waals surface area contributed by atoms with Crippen LogP contribution in [0.1, 0.15) is 23.6 Å². The second-order valence-corrected chi connectivity index (χ2v) is 8.58. The largest absolute Gasteiger partial charge is 0.497 e. The molecule has 10 heteroatoms. The molecule has 2 saturated heterocycles. The number of likely N-dealkylation sites (tertiary alicyclic amines) is 1. The summed E-state index contributed by atoms with van der Waals surface area (Å²) in [6, 6.07) is 8.09. The molecule has 9 nitrogen and oxygen atoms in total. The predicted octanol–water partition coefficient (Wildman–Crippen LogP) is 2.05. The lowest BCUT2D eigenvalue weighted by Gasteiger charge is -2.29. The molecule has 0 radical (unpaired) electrons. The number of hydrogen-bond acceptors (Lipinski definition) is 6. The normalized spacial score (nSPS) is 19.4. The Kier molecular flexibility index (Phi) is 9.75. The number of halogens is 1. The van der Waals surface area contributed by atoms with E-state index in [4.69, 9.17) is 14.5 Å². The molecule has 0 saturated carbocycles. The van der Waals surface area contributed by atoms with E-state index in [1.165, 1.54) is 6.42 Å². The molecule has 0 aliphatic carbocycles. The van der Waals surface area contributed by atoms with Gasteiger partial charge in [0, 0.05) is 39.8 Å². The van der Waals surface area contributed by atoms with Crippen molar-refractivity contribution in [3.63, 3.8) is 0 Å². The Bertz CT molecular complexity index is 897. The minimum absolute atomic E-state index is 0.